The van der Waals surface area contributed by atoms with Crippen LogP contribution in [0.5, 0.6) is 0 Å². The summed E-state index contributed by atoms with van der Waals surface area (Å²) in [5.41, 5.74) is 0. The number of allylic oxidation sites excluding steroid dienone is 2. The van der Waals surface area contributed by atoms with Crippen LogP contribution in [0.25, 0.3) is 0 Å². The molecule has 1 fully saturated rings. The molecule has 0 amide bonds. The molecule has 84 valence electrons. The zero-order valence-electron chi connectivity index (χ0n) is 9.84. The van der Waals surface area contributed by atoms with Gasteiger partial charge in [-0.25, -0.2) is 0 Å². The Morgan fingerprint density at radius 3 is 1.57 bits per heavy atom. The van der Waals surface area contributed by atoms with Gasteiger partial charge in [-0.2, -0.15) is 0 Å². The molecule has 0 spiro atoms. The summed E-state index contributed by atoms with van der Waals surface area (Å²) in [6.45, 7) is 4.00. The van der Waals surface area contributed by atoms with E-state index in [4.69, 9.17) is 5.11 Å². The lowest BCUT2D eigenvalue weighted by Crippen LogP contribution is -2.09. The van der Waals surface area contributed by atoms with Crippen LogP contribution < -0.4 is 0 Å². The van der Waals surface area contributed by atoms with Gasteiger partial charge in [0.25, 0.3) is 0 Å². The maximum atomic E-state index is 8.91. The van der Waals surface area contributed by atoms with Crippen LogP contribution in [0.1, 0.15) is 65.2 Å². The fraction of sp³-hybridized carbons (Fsp3) is 0.846. The molecule has 1 heteroatoms. The van der Waals surface area contributed by atoms with Gasteiger partial charge in [-0.3, -0.25) is 0 Å². The molecule has 2 rings (SSSR count). The minimum atomic E-state index is 0.0359. The molecule has 1 N–H and O–H groups in total. The predicted octanol–water partition coefficient (Wildman–Crippen LogP) is 4.06. The molecule has 1 saturated carbocycles. The Hall–Kier alpha value is -0.300. The van der Waals surface area contributed by atoms with Crippen LogP contribution in [0.3, 0.4) is 0 Å². The van der Waals surface area contributed by atoms with Crippen molar-refractivity contribution in [3.63, 3.8) is 0 Å². The van der Waals surface area contributed by atoms with Crippen molar-refractivity contribution in [2.24, 2.45) is 0 Å². The normalized spacial score (nSPS) is 20.5. The van der Waals surface area contributed by atoms with Crippen LogP contribution in [0, 0.1) is 0 Å². The smallest absolute Gasteiger partial charge is 0.0540 e. The quantitative estimate of drug-likeness (QED) is 0.582. The van der Waals surface area contributed by atoms with Gasteiger partial charge in [0.1, 0.15) is 0 Å². The van der Waals surface area contributed by atoms with E-state index in [0.717, 1.165) is 12.8 Å². The zero-order valence-corrected chi connectivity index (χ0v) is 9.84. The first kappa shape index (κ1) is 13.7. The molecule has 1 nitrogen and oxygen atoms in total. The number of hydrogen-bond acceptors (Lipinski definition) is 1. The Balaban J connectivity index is 0.000000213. The van der Waals surface area contributed by atoms with Crippen molar-refractivity contribution in [1.82, 2.24) is 0 Å². The highest BCUT2D eigenvalue weighted by atomic mass is 16.3. The van der Waals surface area contributed by atoms with Crippen LogP contribution in [-0.2, 0) is 0 Å². The number of hydrogen-bond donors (Lipinski definition) is 1. The fourth-order valence-corrected chi connectivity index (χ4v) is 1.67. The first-order valence-corrected chi connectivity index (χ1v) is 6.22. The maximum Gasteiger partial charge on any atom is 0.0540 e. The summed E-state index contributed by atoms with van der Waals surface area (Å²) in [5.74, 6) is 0. The molecule has 0 radical (unpaired) electrons. The highest BCUT2D eigenvalue weighted by Crippen LogP contribution is 2.16. The molecule has 0 saturated heterocycles. The Kier molecular flexibility index (Phi) is 10.5. The predicted molar refractivity (Wildman–Crippen MR) is 63.4 cm³/mol. The van der Waals surface area contributed by atoms with E-state index in [1.807, 2.05) is 13.8 Å². The number of aliphatic hydroxyl groups is 1. The van der Waals surface area contributed by atoms with Gasteiger partial charge in [-0.05, 0) is 32.1 Å². The molecule has 0 heterocycles. The lowest BCUT2D eigenvalue weighted by atomic mass is 9.98. The average Bonchev–Trinajstić information content (AvgIpc) is 2.80. The van der Waals surface area contributed by atoms with Crippen molar-refractivity contribution >= 4 is 0 Å². The molecule has 0 aliphatic heterocycles. The van der Waals surface area contributed by atoms with Gasteiger partial charge < -0.3 is 5.11 Å². The molecular formula is C13H26O. The first-order chi connectivity index (χ1) is 6.89. The molecule has 0 aromatic carbocycles. The summed E-state index contributed by atoms with van der Waals surface area (Å²) < 4.78 is 0. The van der Waals surface area contributed by atoms with Gasteiger partial charge in [0.15, 0.2) is 0 Å². The monoisotopic (exact) mass is 198 g/mol. The van der Waals surface area contributed by atoms with E-state index in [-0.39, 0.29) is 6.10 Å². The van der Waals surface area contributed by atoms with E-state index >= 15 is 0 Å². The molecule has 14 heavy (non-hydrogen) atoms. The number of aliphatic hydroxyl groups excluding tert-OH is 1. The molecule has 0 bridgehead atoms. The van der Waals surface area contributed by atoms with Gasteiger partial charge in [-0.1, -0.05) is 45.3 Å². The topological polar surface area (TPSA) is 20.2 Å². The van der Waals surface area contributed by atoms with Crippen molar-refractivity contribution < 1.29 is 5.11 Å². The molecule has 0 aromatic rings. The third kappa shape index (κ3) is 8.31. The maximum absolute atomic E-state index is 8.91. The van der Waals surface area contributed by atoms with E-state index in [9.17, 15) is 0 Å². The van der Waals surface area contributed by atoms with Crippen molar-refractivity contribution in [3.05, 3.63) is 12.2 Å². The van der Waals surface area contributed by atoms with Gasteiger partial charge in [-0.15, -0.1) is 0 Å². The second kappa shape index (κ2) is 10.8. The van der Waals surface area contributed by atoms with Gasteiger partial charge >= 0.3 is 0 Å². The third-order valence-corrected chi connectivity index (χ3v) is 2.48. The van der Waals surface area contributed by atoms with Crippen molar-refractivity contribution in [1.29, 1.82) is 0 Å². The zero-order chi connectivity index (χ0) is 10.6. The van der Waals surface area contributed by atoms with Gasteiger partial charge in [0, 0.05) is 0 Å². The van der Waals surface area contributed by atoms with Crippen molar-refractivity contribution in [2.75, 3.05) is 0 Å². The lowest BCUT2D eigenvalue weighted by Gasteiger charge is -2.14. The van der Waals surface area contributed by atoms with Crippen LogP contribution in [0.4, 0.5) is 0 Å². The summed E-state index contributed by atoms with van der Waals surface area (Å²) in [6.07, 6.45) is 14.4. The Morgan fingerprint density at radius 1 is 0.857 bits per heavy atom. The minimum Gasteiger partial charge on any atom is -0.393 e. The van der Waals surface area contributed by atoms with E-state index in [2.05, 4.69) is 12.2 Å². The van der Waals surface area contributed by atoms with E-state index in [1.165, 1.54) is 38.5 Å². The lowest BCUT2D eigenvalue weighted by molar-refractivity contribution is 0.130. The summed E-state index contributed by atoms with van der Waals surface area (Å²) in [5, 5.41) is 8.91. The molecule has 0 aromatic heterocycles. The Bertz CT molecular complexity index is 117. The van der Waals surface area contributed by atoms with Crippen LogP contribution in [0.2, 0.25) is 0 Å². The van der Waals surface area contributed by atoms with Crippen LogP contribution in [-0.4, -0.2) is 11.2 Å². The number of rotatable bonds is 0. The summed E-state index contributed by atoms with van der Waals surface area (Å²) in [7, 11) is 0. The van der Waals surface area contributed by atoms with Gasteiger partial charge in [0.2, 0.25) is 0 Å². The largest absolute Gasteiger partial charge is 0.393 e. The third-order valence-electron chi connectivity index (χ3n) is 2.48. The van der Waals surface area contributed by atoms with Crippen molar-refractivity contribution in [2.45, 2.75) is 71.3 Å². The van der Waals surface area contributed by atoms with Crippen LogP contribution >= 0.6 is 0 Å². The second-order valence-electron chi connectivity index (χ2n) is 3.69. The van der Waals surface area contributed by atoms with Crippen LogP contribution in [0.15, 0.2) is 12.2 Å². The molecule has 2 aliphatic carbocycles. The summed E-state index contributed by atoms with van der Waals surface area (Å²) in [4.78, 5) is 0. The van der Waals surface area contributed by atoms with E-state index in [1.54, 1.807) is 0 Å². The van der Waals surface area contributed by atoms with Crippen molar-refractivity contribution in [3.8, 4) is 0 Å². The molecule has 2 aliphatic rings. The SMILES string of the molecule is C1=CCCC1.CC.OC1CCCCC1. The Labute approximate surface area is 89.2 Å². The Morgan fingerprint density at radius 2 is 1.36 bits per heavy atom. The summed E-state index contributed by atoms with van der Waals surface area (Å²) in [6, 6.07) is 0. The minimum absolute atomic E-state index is 0.0359. The molecular weight excluding hydrogens is 172 g/mol. The van der Waals surface area contributed by atoms with E-state index < -0.39 is 0 Å². The summed E-state index contributed by atoms with van der Waals surface area (Å²) >= 11 is 0. The fourth-order valence-electron chi connectivity index (χ4n) is 1.67. The highest BCUT2D eigenvalue weighted by molar-refractivity contribution is 4.88. The molecule has 0 unspecified atom stereocenters. The standard InChI is InChI=1S/C6H12O.C5H8.C2H6/c7-6-4-2-1-3-5-6;1-2-4-5-3-1;1-2/h6-7H,1-5H2;1-2H,3-5H2;1-2H3. The average molecular weight is 198 g/mol. The first-order valence-electron chi connectivity index (χ1n) is 6.22. The second-order valence-corrected chi connectivity index (χ2v) is 3.69. The highest BCUT2D eigenvalue weighted by Gasteiger charge is 2.07. The molecule has 0 atom stereocenters. The van der Waals surface area contributed by atoms with E-state index in [0.29, 0.717) is 0 Å². The van der Waals surface area contributed by atoms with Gasteiger partial charge in [0.05, 0.1) is 6.10 Å².